The number of benzene rings is 2. The molecule has 0 unspecified atom stereocenters. The highest BCUT2D eigenvalue weighted by atomic mass is 19.4. The predicted octanol–water partition coefficient (Wildman–Crippen LogP) is 3.44. The largest absolute Gasteiger partial charge is 0.493 e. The van der Waals surface area contributed by atoms with E-state index >= 15 is 0 Å². The molecule has 156 valence electrons. The van der Waals surface area contributed by atoms with Gasteiger partial charge in [-0.25, -0.2) is 4.79 Å². The van der Waals surface area contributed by atoms with E-state index in [0.717, 1.165) is 12.1 Å². The van der Waals surface area contributed by atoms with Gasteiger partial charge in [0.1, 0.15) is 0 Å². The van der Waals surface area contributed by atoms with Gasteiger partial charge in [-0.15, -0.1) is 0 Å². The minimum Gasteiger partial charge on any atom is -0.493 e. The summed E-state index contributed by atoms with van der Waals surface area (Å²) in [5.41, 5.74) is -0.238. The van der Waals surface area contributed by atoms with E-state index < -0.39 is 23.5 Å². The number of imidazole rings is 1. The molecule has 0 amide bonds. The molecular weight excluding hydrogens is 389 g/mol. The Kier molecular flexibility index (Phi) is 5.61. The smallest absolute Gasteiger partial charge is 0.416 e. The van der Waals surface area contributed by atoms with Crippen LogP contribution in [0.15, 0.2) is 41.2 Å². The first-order chi connectivity index (χ1) is 13.7. The number of hydrogen-bond acceptors (Lipinski definition) is 4. The lowest BCUT2D eigenvalue weighted by Gasteiger charge is -2.11. The second kappa shape index (κ2) is 7.82. The highest BCUT2D eigenvalue weighted by molar-refractivity contribution is 5.77. The number of halogens is 3. The molecule has 0 spiro atoms. The van der Waals surface area contributed by atoms with Crippen LogP contribution in [0.1, 0.15) is 24.1 Å². The molecule has 0 aliphatic rings. The molecular formula is C20H21F3N2O4. The fourth-order valence-corrected chi connectivity index (χ4v) is 3.28. The number of aromatic nitrogens is 2. The molecule has 0 saturated heterocycles. The zero-order valence-corrected chi connectivity index (χ0v) is 16.2. The summed E-state index contributed by atoms with van der Waals surface area (Å²) in [7, 11) is 2.96. The van der Waals surface area contributed by atoms with Crippen molar-refractivity contribution in [2.24, 2.45) is 0 Å². The Hall–Kier alpha value is -2.94. The maximum Gasteiger partial charge on any atom is 0.416 e. The van der Waals surface area contributed by atoms with Gasteiger partial charge in [0.15, 0.2) is 11.5 Å². The van der Waals surface area contributed by atoms with Crippen molar-refractivity contribution < 1.29 is 27.8 Å². The minimum atomic E-state index is -4.54. The van der Waals surface area contributed by atoms with Gasteiger partial charge in [-0.3, -0.25) is 9.13 Å². The summed E-state index contributed by atoms with van der Waals surface area (Å²) in [4.78, 5) is 13.0. The summed E-state index contributed by atoms with van der Waals surface area (Å²) in [6.07, 6.45) is -4.54. The van der Waals surface area contributed by atoms with Gasteiger partial charge >= 0.3 is 11.9 Å². The van der Waals surface area contributed by atoms with Gasteiger partial charge in [0.05, 0.1) is 50.0 Å². The zero-order valence-electron chi connectivity index (χ0n) is 16.2. The molecule has 0 bridgehead atoms. The van der Waals surface area contributed by atoms with Crippen LogP contribution in [0, 0.1) is 0 Å². The highest BCUT2D eigenvalue weighted by Gasteiger charge is 2.31. The van der Waals surface area contributed by atoms with Crippen molar-refractivity contribution in [2.45, 2.75) is 25.7 Å². The number of hydrogen-bond donors (Lipinski definition) is 1. The SMILES string of the molecule is COc1ccc(Cn2c(=O)n([C@H](C)CO)c3ccc(C(F)(F)F)cc32)cc1OC. The number of aliphatic hydroxyl groups excluding tert-OH is 1. The van der Waals surface area contributed by atoms with Crippen molar-refractivity contribution >= 4 is 11.0 Å². The predicted molar refractivity (Wildman–Crippen MR) is 102 cm³/mol. The maximum atomic E-state index is 13.2. The summed E-state index contributed by atoms with van der Waals surface area (Å²) < 4.78 is 52.7. The van der Waals surface area contributed by atoms with Gasteiger partial charge in [-0.05, 0) is 42.8 Å². The van der Waals surface area contributed by atoms with Gasteiger partial charge in [-0.1, -0.05) is 6.07 Å². The van der Waals surface area contributed by atoms with E-state index in [1.54, 1.807) is 25.1 Å². The second-order valence-corrected chi connectivity index (χ2v) is 6.66. The fourth-order valence-electron chi connectivity index (χ4n) is 3.28. The molecule has 1 aromatic heterocycles. The first-order valence-corrected chi connectivity index (χ1v) is 8.85. The second-order valence-electron chi connectivity index (χ2n) is 6.66. The molecule has 6 nitrogen and oxygen atoms in total. The topological polar surface area (TPSA) is 65.6 Å². The monoisotopic (exact) mass is 410 g/mol. The molecule has 0 saturated carbocycles. The first-order valence-electron chi connectivity index (χ1n) is 8.85. The van der Waals surface area contributed by atoms with Gasteiger partial charge in [0.2, 0.25) is 0 Å². The quantitative estimate of drug-likeness (QED) is 0.676. The molecule has 0 aliphatic heterocycles. The van der Waals surface area contributed by atoms with Gasteiger partial charge in [0.25, 0.3) is 0 Å². The zero-order chi connectivity index (χ0) is 21.3. The van der Waals surface area contributed by atoms with Crippen LogP contribution < -0.4 is 15.2 Å². The summed E-state index contributed by atoms with van der Waals surface area (Å²) in [5.74, 6) is 0.945. The Labute approximate surface area is 164 Å². The van der Waals surface area contributed by atoms with Crippen molar-refractivity contribution in [3.05, 3.63) is 58.0 Å². The molecule has 3 rings (SSSR count). The normalized spacial score (nSPS) is 12.9. The third-order valence-corrected chi connectivity index (χ3v) is 4.78. The van der Waals surface area contributed by atoms with E-state index in [1.807, 2.05) is 0 Å². The first kappa shape index (κ1) is 20.8. The molecule has 9 heteroatoms. The number of nitrogens with zero attached hydrogens (tertiary/aromatic N) is 2. The average molecular weight is 410 g/mol. The highest BCUT2D eigenvalue weighted by Crippen LogP contribution is 2.32. The van der Waals surface area contributed by atoms with Crippen molar-refractivity contribution in [3.63, 3.8) is 0 Å². The molecule has 1 N–H and O–H groups in total. The van der Waals surface area contributed by atoms with Crippen molar-refractivity contribution in [3.8, 4) is 11.5 Å². The summed E-state index contributed by atoms with van der Waals surface area (Å²) in [6.45, 7) is 1.33. The Morgan fingerprint density at radius 1 is 1.03 bits per heavy atom. The molecule has 29 heavy (non-hydrogen) atoms. The lowest BCUT2D eigenvalue weighted by molar-refractivity contribution is -0.137. The minimum absolute atomic E-state index is 0.0299. The summed E-state index contributed by atoms with van der Waals surface area (Å²) >= 11 is 0. The Morgan fingerprint density at radius 2 is 1.72 bits per heavy atom. The number of rotatable bonds is 6. The molecule has 0 radical (unpaired) electrons. The number of methoxy groups -OCH3 is 2. The maximum absolute atomic E-state index is 13.2. The molecule has 0 fully saturated rings. The van der Waals surface area contributed by atoms with E-state index in [9.17, 15) is 23.1 Å². The Balaban J connectivity index is 2.20. The number of ether oxygens (including phenoxy) is 2. The number of fused-ring (bicyclic) bond motifs is 1. The van der Waals surface area contributed by atoms with Crippen molar-refractivity contribution in [2.75, 3.05) is 20.8 Å². The van der Waals surface area contributed by atoms with Crippen LogP contribution >= 0.6 is 0 Å². The molecule has 0 aliphatic carbocycles. The van der Waals surface area contributed by atoms with E-state index in [0.29, 0.717) is 22.6 Å². The van der Waals surface area contributed by atoms with Crippen LogP contribution in [0.3, 0.4) is 0 Å². The molecule has 2 aromatic carbocycles. The van der Waals surface area contributed by atoms with Gasteiger partial charge in [-0.2, -0.15) is 13.2 Å². The summed E-state index contributed by atoms with van der Waals surface area (Å²) in [6, 6.07) is 7.60. The van der Waals surface area contributed by atoms with E-state index in [1.165, 1.54) is 29.4 Å². The number of alkyl halides is 3. The van der Waals surface area contributed by atoms with Crippen LogP contribution in [0.25, 0.3) is 11.0 Å². The third-order valence-electron chi connectivity index (χ3n) is 4.78. The van der Waals surface area contributed by atoms with Gasteiger partial charge in [0, 0.05) is 0 Å². The van der Waals surface area contributed by atoms with Crippen LogP contribution in [0.5, 0.6) is 11.5 Å². The average Bonchev–Trinajstić information content (AvgIpc) is 2.97. The fraction of sp³-hybridized carbons (Fsp3) is 0.350. The number of aliphatic hydroxyl groups is 1. The standard InChI is InChI=1S/C20H21F3N2O4/c1-12(11-26)25-15-6-5-14(20(21,22)23)9-16(15)24(19(25)27)10-13-4-7-17(28-2)18(8-13)29-3/h4-9,12,26H,10-11H2,1-3H3/t12-/m1/s1. The lowest BCUT2D eigenvalue weighted by atomic mass is 10.1. The van der Waals surface area contributed by atoms with Gasteiger partial charge < -0.3 is 14.6 Å². The molecule has 3 aromatic rings. The van der Waals surface area contributed by atoms with Crippen molar-refractivity contribution in [1.82, 2.24) is 9.13 Å². The summed E-state index contributed by atoms with van der Waals surface area (Å²) in [5, 5.41) is 9.50. The van der Waals surface area contributed by atoms with E-state index in [-0.39, 0.29) is 18.7 Å². The van der Waals surface area contributed by atoms with E-state index in [4.69, 9.17) is 9.47 Å². The van der Waals surface area contributed by atoms with Crippen LogP contribution in [0.2, 0.25) is 0 Å². The molecule has 1 atom stereocenters. The van der Waals surface area contributed by atoms with E-state index in [2.05, 4.69) is 0 Å². The third kappa shape index (κ3) is 3.82. The van der Waals surface area contributed by atoms with Crippen LogP contribution in [-0.2, 0) is 12.7 Å². The van der Waals surface area contributed by atoms with Crippen LogP contribution in [-0.4, -0.2) is 35.1 Å². The van der Waals surface area contributed by atoms with Crippen molar-refractivity contribution in [1.29, 1.82) is 0 Å². The molecule has 1 heterocycles. The Morgan fingerprint density at radius 3 is 2.31 bits per heavy atom. The van der Waals surface area contributed by atoms with Crippen LogP contribution in [0.4, 0.5) is 13.2 Å². The lowest BCUT2D eigenvalue weighted by Crippen LogP contribution is -2.28. The Bertz CT molecular complexity index is 1090.